The summed E-state index contributed by atoms with van der Waals surface area (Å²) < 4.78 is 7.09. The van der Waals surface area contributed by atoms with E-state index in [0.717, 1.165) is 37.8 Å². The van der Waals surface area contributed by atoms with Crippen LogP contribution in [-0.2, 0) is 11.3 Å². The molecule has 0 atom stereocenters. The van der Waals surface area contributed by atoms with Crippen molar-refractivity contribution in [3.63, 3.8) is 0 Å². The lowest BCUT2D eigenvalue weighted by molar-refractivity contribution is 0.197. The molecule has 0 aromatic carbocycles. The second-order valence-electron chi connectivity index (χ2n) is 3.27. The Bertz CT molecular complexity index is 270. The van der Waals surface area contributed by atoms with Crippen LogP contribution in [0.5, 0.6) is 0 Å². The highest BCUT2D eigenvalue weighted by molar-refractivity contribution is 5.28. The molecule has 1 heterocycles. The molecule has 1 rings (SSSR count). The van der Waals surface area contributed by atoms with Crippen LogP contribution >= 0.6 is 0 Å². The molecule has 0 saturated heterocycles. The van der Waals surface area contributed by atoms with Crippen LogP contribution in [0.3, 0.4) is 0 Å². The van der Waals surface area contributed by atoms with Gasteiger partial charge in [0.25, 0.3) is 0 Å². The van der Waals surface area contributed by atoms with E-state index in [1.54, 1.807) is 7.11 Å². The minimum atomic E-state index is 0.790. The predicted molar refractivity (Wildman–Crippen MR) is 57.6 cm³/mol. The van der Waals surface area contributed by atoms with Gasteiger partial charge in [-0.3, -0.25) is 0 Å². The van der Waals surface area contributed by atoms with Crippen LogP contribution in [0.2, 0.25) is 0 Å². The molecule has 4 nitrogen and oxygen atoms in total. The molecule has 0 saturated carbocycles. The lowest BCUT2D eigenvalue weighted by Crippen LogP contribution is -2.09. The van der Waals surface area contributed by atoms with Crippen molar-refractivity contribution >= 4 is 5.95 Å². The molecule has 0 spiro atoms. The zero-order valence-corrected chi connectivity index (χ0v) is 9.21. The maximum Gasteiger partial charge on any atom is 0.203 e. The fraction of sp³-hybridized carbons (Fsp3) is 0.700. The monoisotopic (exact) mass is 197 g/mol. The van der Waals surface area contributed by atoms with E-state index in [0.29, 0.717) is 0 Å². The highest BCUT2D eigenvalue weighted by Gasteiger charge is 2.01. The fourth-order valence-corrected chi connectivity index (χ4v) is 1.35. The number of nitrogens with one attached hydrogen (secondary N) is 1. The number of hydrogen-bond acceptors (Lipinski definition) is 3. The molecular formula is C10H19N3O. The van der Waals surface area contributed by atoms with E-state index >= 15 is 0 Å². The summed E-state index contributed by atoms with van der Waals surface area (Å²) in [7, 11) is 1.72. The molecule has 0 aliphatic carbocycles. The van der Waals surface area contributed by atoms with Crippen molar-refractivity contribution in [2.75, 3.05) is 25.6 Å². The Morgan fingerprint density at radius 2 is 2.36 bits per heavy atom. The Labute approximate surface area is 85.3 Å². The number of methoxy groups -OCH3 is 1. The maximum absolute atomic E-state index is 4.97. The van der Waals surface area contributed by atoms with E-state index in [9.17, 15) is 0 Å². The van der Waals surface area contributed by atoms with Gasteiger partial charge >= 0.3 is 0 Å². The first-order chi connectivity index (χ1) is 6.77. The maximum atomic E-state index is 4.97. The summed E-state index contributed by atoms with van der Waals surface area (Å²) in [6, 6.07) is 0. The average Bonchev–Trinajstić information content (AvgIpc) is 2.54. The van der Waals surface area contributed by atoms with Gasteiger partial charge in [-0.15, -0.1) is 0 Å². The topological polar surface area (TPSA) is 39.1 Å². The van der Waals surface area contributed by atoms with E-state index in [1.165, 1.54) is 0 Å². The summed E-state index contributed by atoms with van der Waals surface area (Å²) in [6.45, 7) is 6.77. The Morgan fingerprint density at radius 3 is 3.00 bits per heavy atom. The van der Waals surface area contributed by atoms with Crippen molar-refractivity contribution in [2.24, 2.45) is 0 Å². The normalized spacial score (nSPS) is 10.5. The third-order valence-electron chi connectivity index (χ3n) is 2.05. The van der Waals surface area contributed by atoms with Gasteiger partial charge < -0.3 is 14.6 Å². The number of imidazole rings is 1. The first-order valence-electron chi connectivity index (χ1n) is 5.04. The minimum Gasteiger partial charge on any atom is -0.385 e. The molecule has 0 fully saturated rings. The van der Waals surface area contributed by atoms with Crippen molar-refractivity contribution in [1.82, 2.24) is 9.55 Å². The van der Waals surface area contributed by atoms with Gasteiger partial charge in [0.1, 0.15) is 0 Å². The van der Waals surface area contributed by atoms with E-state index in [2.05, 4.69) is 28.0 Å². The largest absolute Gasteiger partial charge is 0.385 e. The quantitative estimate of drug-likeness (QED) is 0.705. The predicted octanol–water partition coefficient (Wildman–Crippen LogP) is 1.66. The van der Waals surface area contributed by atoms with Crippen molar-refractivity contribution in [3.05, 3.63) is 11.9 Å². The third kappa shape index (κ3) is 3.03. The van der Waals surface area contributed by atoms with E-state index in [-0.39, 0.29) is 0 Å². The van der Waals surface area contributed by atoms with Gasteiger partial charge in [-0.2, -0.15) is 0 Å². The highest BCUT2D eigenvalue weighted by atomic mass is 16.5. The van der Waals surface area contributed by atoms with Gasteiger partial charge in [-0.1, -0.05) is 0 Å². The van der Waals surface area contributed by atoms with Crippen molar-refractivity contribution in [3.8, 4) is 0 Å². The number of aromatic nitrogens is 2. The van der Waals surface area contributed by atoms with Crippen molar-refractivity contribution in [2.45, 2.75) is 26.8 Å². The lowest BCUT2D eigenvalue weighted by Gasteiger charge is -2.06. The minimum absolute atomic E-state index is 0.790. The second-order valence-corrected chi connectivity index (χ2v) is 3.27. The molecule has 1 N–H and O–H groups in total. The molecule has 1 aromatic rings. The van der Waals surface area contributed by atoms with Crippen LogP contribution in [0.1, 0.15) is 19.0 Å². The van der Waals surface area contributed by atoms with Gasteiger partial charge in [-0.25, -0.2) is 4.98 Å². The van der Waals surface area contributed by atoms with Crippen LogP contribution in [0.25, 0.3) is 0 Å². The van der Waals surface area contributed by atoms with Crippen LogP contribution in [-0.4, -0.2) is 29.8 Å². The van der Waals surface area contributed by atoms with Gasteiger partial charge in [0, 0.05) is 33.0 Å². The molecule has 0 radical (unpaired) electrons. The molecule has 14 heavy (non-hydrogen) atoms. The summed E-state index contributed by atoms with van der Waals surface area (Å²) in [5.74, 6) is 0.959. The Morgan fingerprint density at radius 1 is 1.57 bits per heavy atom. The third-order valence-corrected chi connectivity index (χ3v) is 2.05. The molecule has 80 valence electrons. The van der Waals surface area contributed by atoms with E-state index in [4.69, 9.17) is 4.74 Å². The average molecular weight is 197 g/mol. The summed E-state index contributed by atoms with van der Waals surface area (Å²) in [4.78, 5) is 4.39. The van der Waals surface area contributed by atoms with Crippen LogP contribution < -0.4 is 5.32 Å². The summed E-state index contributed by atoms with van der Waals surface area (Å²) >= 11 is 0. The zero-order chi connectivity index (χ0) is 10.4. The van der Waals surface area contributed by atoms with Crippen molar-refractivity contribution in [1.29, 1.82) is 0 Å². The number of nitrogens with zero attached hydrogens (tertiary/aromatic N) is 2. The number of rotatable bonds is 6. The molecule has 0 aliphatic rings. The SMILES string of the molecule is CCn1cc(C)nc1NCCCOC. The smallest absolute Gasteiger partial charge is 0.203 e. The highest BCUT2D eigenvalue weighted by Crippen LogP contribution is 2.07. The van der Waals surface area contributed by atoms with Crippen LogP contribution in [0, 0.1) is 6.92 Å². The fourth-order valence-electron chi connectivity index (χ4n) is 1.35. The number of ether oxygens (including phenoxy) is 1. The van der Waals surface area contributed by atoms with Crippen molar-refractivity contribution < 1.29 is 4.74 Å². The Hall–Kier alpha value is -1.03. The molecule has 0 unspecified atom stereocenters. The molecule has 0 amide bonds. The Balaban J connectivity index is 2.41. The van der Waals surface area contributed by atoms with Gasteiger partial charge in [0.15, 0.2) is 0 Å². The lowest BCUT2D eigenvalue weighted by atomic mass is 10.4. The van der Waals surface area contributed by atoms with Gasteiger partial charge in [-0.05, 0) is 20.3 Å². The number of aryl methyl sites for hydroxylation is 2. The van der Waals surface area contributed by atoms with Gasteiger partial charge in [0.05, 0.1) is 5.69 Å². The molecule has 1 aromatic heterocycles. The number of anilines is 1. The Kier molecular flexibility index (Phi) is 4.46. The summed E-state index contributed by atoms with van der Waals surface area (Å²) in [6.07, 6.45) is 3.06. The molecular weight excluding hydrogens is 178 g/mol. The van der Waals surface area contributed by atoms with Gasteiger partial charge in [0.2, 0.25) is 5.95 Å². The first-order valence-corrected chi connectivity index (χ1v) is 5.04. The standard InChI is InChI=1S/C10H19N3O/c1-4-13-8-9(2)12-10(13)11-6-5-7-14-3/h8H,4-7H2,1-3H3,(H,11,12). The molecule has 0 aliphatic heterocycles. The van der Waals surface area contributed by atoms with E-state index < -0.39 is 0 Å². The van der Waals surface area contributed by atoms with Crippen LogP contribution in [0.4, 0.5) is 5.95 Å². The number of hydrogen-bond donors (Lipinski definition) is 1. The first kappa shape index (κ1) is 11.0. The second kappa shape index (κ2) is 5.65. The van der Waals surface area contributed by atoms with E-state index in [1.807, 2.05) is 6.92 Å². The van der Waals surface area contributed by atoms with Crippen LogP contribution in [0.15, 0.2) is 6.20 Å². The summed E-state index contributed by atoms with van der Waals surface area (Å²) in [5.41, 5.74) is 1.06. The zero-order valence-electron chi connectivity index (χ0n) is 9.21. The molecule has 4 heteroatoms. The molecule has 0 bridgehead atoms. The summed E-state index contributed by atoms with van der Waals surface area (Å²) in [5, 5.41) is 3.29.